The van der Waals surface area contributed by atoms with E-state index < -0.39 is 0 Å². The number of ether oxygens (including phenoxy) is 1. The lowest BCUT2D eigenvalue weighted by molar-refractivity contribution is 0.415. The Morgan fingerprint density at radius 2 is 2.07 bits per heavy atom. The monoisotopic (exact) mass is 207 g/mol. The predicted molar refractivity (Wildman–Crippen MR) is 60.1 cm³/mol. The van der Waals surface area contributed by atoms with E-state index in [0.717, 1.165) is 11.4 Å². The summed E-state index contributed by atoms with van der Waals surface area (Å²) in [6.07, 6.45) is 1.32. The van der Waals surface area contributed by atoms with Gasteiger partial charge in [0.15, 0.2) is 0 Å². The number of nitrogens with two attached hydrogens (primary N) is 2. The zero-order chi connectivity index (χ0) is 11.1. The number of guanidine groups is 1. The van der Waals surface area contributed by atoms with Crippen LogP contribution in [0, 0.1) is 0 Å². The van der Waals surface area contributed by atoms with E-state index in [-0.39, 0.29) is 5.96 Å². The second kappa shape index (κ2) is 5.61. The van der Waals surface area contributed by atoms with Crippen molar-refractivity contribution in [3.63, 3.8) is 0 Å². The number of benzene rings is 1. The van der Waals surface area contributed by atoms with Gasteiger partial charge in [-0.2, -0.15) is 0 Å². The van der Waals surface area contributed by atoms with E-state index in [1.807, 2.05) is 0 Å². The molecule has 0 amide bonds. The normalized spacial score (nSPS) is 11.7. The van der Waals surface area contributed by atoms with Gasteiger partial charge in [-0.15, -0.1) is 0 Å². The number of hydrogen-bond acceptors (Lipinski definition) is 3. The maximum absolute atomic E-state index is 5.29. The zero-order valence-corrected chi connectivity index (χ0v) is 8.34. The van der Waals surface area contributed by atoms with Crippen molar-refractivity contribution in [1.82, 2.24) is 5.43 Å². The van der Waals surface area contributed by atoms with Crippen molar-refractivity contribution in [2.45, 2.75) is 0 Å². The molecule has 1 aromatic carbocycles. The lowest BCUT2D eigenvalue weighted by Gasteiger charge is -1.98. The largest absolute Gasteiger partial charge is 0.497 e. The third kappa shape index (κ3) is 3.65. The van der Waals surface area contributed by atoms with Crippen LogP contribution in [0.1, 0.15) is 0 Å². The predicted octanol–water partition coefficient (Wildman–Crippen LogP) is 0.133. The van der Waals surface area contributed by atoms with Gasteiger partial charge in [-0.1, -0.05) is 0 Å². The number of rotatable bonds is 3. The average Bonchev–Trinajstić information content (AvgIpc) is 2.29. The summed E-state index contributed by atoms with van der Waals surface area (Å²) in [6.45, 7) is 0. The summed E-state index contributed by atoms with van der Waals surface area (Å²) in [4.78, 5) is 7.74. The maximum Gasteiger partial charge on any atom is 0.209 e. The van der Waals surface area contributed by atoms with Crippen molar-refractivity contribution in [3.8, 4) is 5.75 Å². The lowest BCUT2D eigenvalue weighted by Crippen LogP contribution is -2.36. The van der Waals surface area contributed by atoms with E-state index in [4.69, 9.17) is 16.3 Å². The minimum Gasteiger partial charge on any atom is -0.497 e. The zero-order valence-electron chi connectivity index (χ0n) is 8.34. The van der Waals surface area contributed by atoms with Crippen molar-refractivity contribution < 1.29 is 4.74 Å². The summed E-state index contributed by atoms with van der Waals surface area (Å²) in [6, 6.07) is 7.22. The van der Waals surface area contributed by atoms with Crippen LogP contribution in [0.15, 0.2) is 34.3 Å². The molecule has 6 heteroatoms. The van der Waals surface area contributed by atoms with Crippen LogP contribution in [0.5, 0.6) is 5.75 Å². The summed E-state index contributed by atoms with van der Waals surface area (Å²) in [5.74, 6) is 5.89. The van der Waals surface area contributed by atoms with Crippen LogP contribution in [-0.2, 0) is 0 Å². The van der Waals surface area contributed by atoms with Crippen LogP contribution in [0.4, 0.5) is 5.69 Å². The quantitative estimate of drug-likeness (QED) is 0.284. The Labute approximate surface area is 87.6 Å². The van der Waals surface area contributed by atoms with Crippen LogP contribution < -0.4 is 21.7 Å². The standard InChI is InChI=1S/C9H13N5O/c1-15-8-4-2-7(3-5-8)12-6-13-9(10)14-11/h2-6H,11H2,1H3,(H3,10,12,13,14). The second-order valence-electron chi connectivity index (χ2n) is 2.60. The molecule has 0 unspecified atom stereocenters. The molecular formula is C9H13N5O. The van der Waals surface area contributed by atoms with Crippen molar-refractivity contribution in [3.05, 3.63) is 24.3 Å². The van der Waals surface area contributed by atoms with E-state index in [1.165, 1.54) is 6.34 Å². The molecule has 0 aliphatic carbocycles. The molecule has 1 rings (SSSR count). The fourth-order valence-corrected chi connectivity index (χ4v) is 0.863. The van der Waals surface area contributed by atoms with E-state index in [0.29, 0.717) is 0 Å². The maximum atomic E-state index is 5.29. The number of nitrogens with zero attached hydrogens (tertiary/aromatic N) is 2. The Kier molecular flexibility index (Phi) is 4.11. The highest BCUT2D eigenvalue weighted by atomic mass is 16.5. The number of hydrazine groups is 1. The first kappa shape index (κ1) is 11.0. The van der Waals surface area contributed by atoms with Gasteiger partial charge in [0.1, 0.15) is 12.1 Å². The highest BCUT2D eigenvalue weighted by Crippen LogP contribution is 2.16. The topological polar surface area (TPSA) is 98.0 Å². The molecule has 0 aliphatic heterocycles. The van der Waals surface area contributed by atoms with Gasteiger partial charge in [-0.05, 0) is 24.3 Å². The fourth-order valence-electron chi connectivity index (χ4n) is 0.863. The molecule has 6 nitrogen and oxygen atoms in total. The van der Waals surface area contributed by atoms with Gasteiger partial charge < -0.3 is 10.5 Å². The Hall–Kier alpha value is -2.08. The first-order valence-electron chi connectivity index (χ1n) is 4.22. The number of nitrogens with one attached hydrogen (secondary N) is 1. The third-order valence-corrected chi connectivity index (χ3v) is 1.62. The van der Waals surface area contributed by atoms with Crippen LogP contribution in [0.25, 0.3) is 0 Å². The van der Waals surface area contributed by atoms with E-state index in [9.17, 15) is 0 Å². The first-order valence-corrected chi connectivity index (χ1v) is 4.22. The van der Waals surface area contributed by atoms with Crippen molar-refractivity contribution >= 4 is 18.0 Å². The van der Waals surface area contributed by atoms with Crippen molar-refractivity contribution in [2.75, 3.05) is 7.11 Å². The molecule has 15 heavy (non-hydrogen) atoms. The average molecular weight is 207 g/mol. The van der Waals surface area contributed by atoms with E-state index >= 15 is 0 Å². The molecule has 0 aromatic heterocycles. The summed E-state index contributed by atoms with van der Waals surface area (Å²) in [7, 11) is 1.61. The molecule has 5 N–H and O–H groups in total. The van der Waals surface area contributed by atoms with Gasteiger partial charge >= 0.3 is 0 Å². The minimum absolute atomic E-state index is 0.104. The number of methoxy groups -OCH3 is 1. The molecule has 0 heterocycles. The molecule has 0 bridgehead atoms. The Morgan fingerprint density at radius 3 is 2.60 bits per heavy atom. The van der Waals surface area contributed by atoms with Gasteiger partial charge in [0.2, 0.25) is 5.96 Å². The molecule has 1 aromatic rings. The number of aliphatic imine (C=N–C) groups is 2. The Bertz CT molecular complexity index is 357. The van der Waals surface area contributed by atoms with Gasteiger partial charge in [-0.25, -0.2) is 15.8 Å². The van der Waals surface area contributed by atoms with Gasteiger partial charge in [-0.3, -0.25) is 5.43 Å². The summed E-state index contributed by atoms with van der Waals surface area (Å²) in [5.41, 5.74) is 8.23. The van der Waals surface area contributed by atoms with Gasteiger partial charge in [0.25, 0.3) is 0 Å². The van der Waals surface area contributed by atoms with Crippen LogP contribution >= 0.6 is 0 Å². The first-order chi connectivity index (χ1) is 7.26. The second-order valence-corrected chi connectivity index (χ2v) is 2.60. The smallest absolute Gasteiger partial charge is 0.209 e. The minimum atomic E-state index is 0.104. The Morgan fingerprint density at radius 1 is 1.40 bits per heavy atom. The van der Waals surface area contributed by atoms with Gasteiger partial charge in [0, 0.05) is 0 Å². The van der Waals surface area contributed by atoms with Crippen LogP contribution in [-0.4, -0.2) is 19.4 Å². The summed E-state index contributed by atoms with van der Waals surface area (Å²) >= 11 is 0. The van der Waals surface area contributed by atoms with Crippen LogP contribution in [0.3, 0.4) is 0 Å². The highest BCUT2D eigenvalue weighted by molar-refractivity contribution is 5.85. The Balaban J connectivity index is 2.65. The molecule has 0 saturated heterocycles. The molecule has 80 valence electrons. The van der Waals surface area contributed by atoms with E-state index in [2.05, 4.69) is 15.4 Å². The molecule has 0 spiro atoms. The van der Waals surface area contributed by atoms with Crippen molar-refractivity contribution in [2.24, 2.45) is 21.6 Å². The highest BCUT2D eigenvalue weighted by Gasteiger charge is 1.90. The molecule has 0 aliphatic rings. The molecule has 0 fully saturated rings. The third-order valence-electron chi connectivity index (χ3n) is 1.62. The van der Waals surface area contributed by atoms with E-state index in [1.54, 1.807) is 31.4 Å². The lowest BCUT2D eigenvalue weighted by atomic mass is 10.3. The molecule has 0 radical (unpaired) electrons. The molecule has 0 atom stereocenters. The van der Waals surface area contributed by atoms with Crippen molar-refractivity contribution in [1.29, 1.82) is 0 Å². The SMILES string of the molecule is COc1ccc(N=CN=C(N)NN)cc1. The number of hydrogen-bond donors (Lipinski definition) is 3. The molecule has 0 saturated carbocycles. The molecular weight excluding hydrogens is 194 g/mol. The van der Waals surface area contributed by atoms with Gasteiger partial charge in [0.05, 0.1) is 12.8 Å². The fraction of sp³-hybridized carbons (Fsp3) is 0.111. The van der Waals surface area contributed by atoms with Crippen LogP contribution in [0.2, 0.25) is 0 Å². The summed E-state index contributed by atoms with van der Waals surface area (Å²) in [5, 5.41) is 0. The summed E-state index contributed by atoms with van der Waals surface area (Å²) < 4.78 is 5.00.